The highest BCUT2D eigenvalue weighted by atomic mass is 16.5. The fraction of sp³-hybridized carbons (Fsp3) is 0.533. The van der Waals surface area contributed by atoms with Crippen molar-refractivity contribution >= 4 is 11.6 Å². The Bertz CT molecular complexity index is 492. The number of hydrogen-bond donors (Lipinski definition) is 1. The van der Waals surface area contributed by atoms with Crippen molar-refractivity contribution < 1.29 is 14.3 Å². The standard InChI is InChI=1S/C15H19NO3/c1-18-11-5-6-13-12(9-11)16-14(17)15(10-19-13)7-3-2-4-8-15/h5-6,9H,2-4,7-8,10H2,1H3,(H,16,17). The molecule has 1 aromatic rings. The molecule has 0 atom stereocenters. The zero-order valence-electron chi connectivity index (χ0n) is 11.2. The SMILES string of the molecule is COc1ccc2c(c1)NC(=O)C1(CCCCC1)CO2. The van der Waals surface area contributed by atoms with Gasteiger partial charge in [-0.3, -0.25) is 4.79 Å². The molecule has 4 heteroatoms. The van der Waals surface area contributed by atoms with Gasteiger partial charge < -0.3 is 14.8 Å². The summed E-state index contributed by atoms with van der Waals surface area (Å²) in [6, 6.07) is 5.52. The van der Waals surface area contributed by atoms with Crippen LogP contribution in [0.4, 0.5) is 5.69 Å². The summed E-state index contributed by atoms with van der Waals surface area (Å²) in [5, 5.41) is 3.01. The van der Waals surface area contributed by atoms with Crippen LogP contribution in [-0.4, -0.2) is 19.6 Å². The van der Waals surface area contributed by atoms with Crippen LogP contribution in [-0.2, 0) is 4.79 Å². The highest BCUT2D eigenvalue weighted by Gasteiger charge is 2.42. The van der Waals surface area contributed by atoms with E-state index in [1.54, 1.807) is 7.11 Å². The van der Waals surface area contributed by atoms with E-state index in [2.05, 4.69) is 5.32 Å². The van der Waals surface area contributed by atoms with Gasteiger partial charge in [0.25, 0.3) is 0 Å². The predicted molar refractivity (Wildman–Crippen MR) is 72.6 cm³/mol. The molecule has 1 aliphatic heterocycles. The maximum atomic E-state index is 12.5. The molecule has 1 aromatic carbocycles. The van der Waals surface area contributed by atoms with Gasteiger partial charge in [0, 0.05) is 6.07 Å². The van der Waals surface area contributed by atoms with Gasteiger partial charge in [-0.1, -0.05) is 19.3 Å². The van der Waals surface area contributed by atoms with Gasteiger partial charge in [0.2, 0.25) is 5.91 Å². The fourth-order valence-electron chi connectivity index (χ4n) is 3.00. The molecular formula is C15H19NO3. The van der Waals surface area contributed by atoms with E-state index < -0.39 is 0 Å². The molecule has 0 bridgehead atoms. The van der Waals surface area contributed by atoms with E-state index in [4.69, 9.17) is 9.47 Å². The summed E-state index contributed by atoms with van der Waals surface area (Å²) < 4.78 is 11.1. The fourth-order valence-corrected chi connectivity index (χ4v) is 3.00. The monoisotopic (exact) mass is 261 g/mol. The Morgan fingerprint density at radius 1 is 1.26 bits per heavy atom. The van der Waals surface area contributed by atoms with Gasteiger partial charge in [0.15, 0.2) is 0 Å². The van der Waals surface area contributed by atoms with Gasteiger partial charge in [-0.05, 0) is 25.0 Å². The van der Waals surface area contributed by atoms with E-state index in [-0.39, 0.29) is 11.3 Å². The molecule has 0 saturated heterocycles. The normalized spacial score (nSPS) is 21.0. The van der Waals surface area contributed by atoms with Crippen molar-refractivity contribution in [3.05, 3.63) is 18.2 Å². The number of nitrogens with one attached hydrogen (secondary N) is 1. The maximum Gasteiger partial charge on any atom is 0.234 e. The van der Waals surface area contributed by atoms with Crippen LogP contribution in [0, 0.1) is 5.41 Å². The first kappa shape index (κ1) is 12.3. The molecule has 1 fully saturated rings. The Labute approximate surface area is 113 Å². The van der Waals surface area contributed by atoms with Gasteiger partial charge in [-0.2, -0.15) is 0 Å². The molecule has 0 unspecified atom stereocenters. The largest absolute Gasteiger partial charge is 0.497 e. The van der Waals surface area contributed by atoms with Crippen LogP contribution < -0.4 is 14.8 Å². The van der Waals surface area contributed by atoms with Crippen LogP contribution in [0.25, 0.3) is 0 Å². The minimum absolute atomic E-state index is 0.0965. The molecule has 2 aliphatic rings. The summed E-state index contributed by atoms with van der Waals surface area (Å²) >= 11 is 0. The van der Waals surface area contributed by atoms with Gasteiger partial charge >= 0.3 is 0 Å². The average molecular weight is 261 g/mol. The summed E-state index contributed by atoms with van der Waals surface area (Å²) in [5.74, 6) is 1.55. The molecular weight excluding hydrogens is 242 g/mol. The Hall–Kier alpha value is -1.71. The van der Waals surface area contributed by atoms with Crippen molar-refractivity contribution in [1.29, 1.82) is 0 Å². The van der Waals surface area contributed by atoms with Crippen molar-refractivity contribution in [1.82, 2.24) is 0 Å². The minimum atomic E-state index is -0.343. The molecule has 0 radical (unpaired) electrons. The number of carbonyl (C=O) groups excluding carboxylic acids is 1. The van der Waals surface area contributed by atoms with E-state index >= 15 is 0 Å². The number of hydrogen-bond acceptors (Lipinski definition) is 3. The number of anilines is 1. The molecule has 1 spiro atoms. The lowest BCUT2D eigenvalue weighted by atomic mass is 9.74. The predicted octanol–water partition coefficient (Wildman–Crippen LogP) is 2.98. The highest BCUT2D eigenvalue weighted by Crippen LogP contribution is 2.42. The van der Waals surface area contributed by atoms with Crippen molar-refractivity contribution in [2.45, 2.75) is 32.1 Å². The van der Waals surface area contributed by atoms with Crippen molar-refractivity contribution in [2.75, 3.05) is 19.0 Å². The molecule has 3 rings (SSSR count). The smallest absolute Gasteiger partial charge is 0.234 e. The van der Waals surface area contributed by atoms with Gasteiger partial charge in [0.1, 0.15) is 18.1 Å². The molecule has 1 aliphatic carbocycles. The number of benzene rings is 1. The van der Waals surface area contributed by atoms with Gasteiger partial charge in [-0.15, -0.1) is 0 Å². The zero-order valence-corrected chi connectivity index (χ0v) is 11.2. The summed E-state index contributed by atoms with van der Waals surface area (Å²) in [7, 11) is 1.61. The van der Waals surface area contributed by atoms with Crippen LogP contribution in [0.5, 0.6) is 11.5 Å². The number of carbonyl (C=O) groups is 1. The second-order valence-electron chi connectivity index (χ2n) is 5.45. The average Bonchev–Trinajstić information content (AvgIpc) is 2.58. The minimum Gasteiger partial charge on any atom is -0.497 e. The van der Waals surface area contributed by atoms with Crippen LogP contribution in [0.15, 0.2) is 18.2 Å². The Kier molecular flexibility index (Phi) is 3.09. The van der Waals surface area contributed by atoms with Crippen LogP contribution in [0.3, 0.4) is 0 Å². The van der Waals surface area contributed by atoms with Crippen molar-refractivity contribution in [3.8, 4) is 11.5 Å². The zero-order chi connectivity index (χ0) is 13.3. The highest BCUT2D eigenvalue weighted by molar-refractivity contribution is 5.97. The maximum absolute atomic E-state index is 12.5. The van der Waals surface area contributed by atoms with E-state index in [0.29, 0.717) is 12.3 Å². The van der Waals surface area contributed by atoms with Crippen LogP contribution >= 0.6 is 0 Å². The lowest BCUT2D eigenvalue weighted by Gasteiger charge is -2.33. The Morgan fingerprint density at radius 3 is 2.79 bits per heavy atom. The summed E-state index contributed by atoms with van der Waals surface area (Å²) in [6.45, 7) is 0.484. The summed E-state index contributed by atoms with van der Waals surface area (Å²) in [4.78, 5) is 12.5. The van der Waals surface area contributed by atoms with E-state index in [1.807, 2.05) is 18.2 Å². The van der Waals surface area contributed by atoms with Gasteiger partial charge in [0.05, 0.1) is 18.2 Å². The first-order valence-electron chi connectivity index (χ1n) is 6.86. The second-order valence-corrected chi connectivity index (χ2v) is 5.45. The van der Waals surface area contributed by atoms with Crippen molar-refractivity contribution in [2.24, 2.45) is 5.41 Å². The number of fused-ring (bicyclic) bond motifs is 1. The first-order valence-corrected chi connectivity index (χ1v) is 6.86. The lowest BCUT2D eigenvalue weighted by Crippen LogP contribution is -2.41. The third-order valence-electron chi connectivity index (χ3n) is 4.23. The third-order valence-corrected chi connectivity index (χ3v) is 4.23. The van der Waals surface area contributed by atoms with Gasteiger partial charge in [-0.25, -0.2) is 0 Å². The third kappa shape index (κ3) is 2.15. The molecule has 1 amide bonds. The molecule has 1 heterocycles. The van der Waals surface area contributed by atoms with E-state index in [1.165, 1.54) is 6.42 Å². The lowest BCUT2D eigenvalue weighted by molar-refractivity contribution is -0.128. The van der Waals surface area contributed by atoms with E-state index in [9.17, 15) is 4.79 Å². The molecule has 4 nitrogen and oxygen atoms in total. The quantitative estimate of drug-likeness (QED) is 0.845. The molecule has 102 valence electrons. The number of rotatable bonds is 1. The second kappa shape index (κ2) is 4.76. The van der Waals surface area contributed by atoms with E-state index in [0.717, 1.165) is 37.2 Å². The molecule has 0 aromatic heterocycles. The first-order chi connectivity index (χ1) is 9.23. The molecule has 1 N–H and O–H groups in total. The van der Waals surface area contributed by atoms with Crippen LogP contribution in [0.1, 0.15) is 32.1 Å². The number of ether oxygens (including phenoxy) is 2. The summed E-state index contributed by atoms with van der Waals surface area (Å²) in [5.41, 5.74) is 0.372. The summed E-state index contributed by atoms with van der Waals surface area (Å²) in [6.07, 6.45) is 5.27. The number of amides is 1. The van der Waals surface area contributed by atoms with Crippen LogP contribution in [0.2, 0.25) is 0 Å². The Balaban J connectivity index is 1.90. The molecule has 19 heavy (non-hydrogen) atoms. The van der Waals surface area contributed by atoms with Crippen molar-refractivity contribution in [3.63, 3.8) is 0 Å². The molecule has 1 saturated carbocycles. The number of methoxy groups -OCH3 is 1. The Morgan fingerprint density at radius 2 is 2.05 bits per heavy atom. The topological polar surface area (TPSA) is 47.6 Å².